The number of rotatable bonds is 2. The highest BCUT2D eigenvalue weighted by atomic mass is 79.9. The van der Waals surface area contributed by atoms with Crippen molar-refractivity contribution >= 4 is 48.2 Å². The van der Waals surface area contributed by atoms with Crippen LogP contribution in [0, 0.1) is 6.92 Å². The smallest absolute Gasteiger partial charge is 0.258 e. The molecule has 3 heterocycles. The molecule has 0 N–H and O–H groups in total. The molecule has 0 fully saturated rings. The van der Waals surface area contributed by atoms with Gasteiger partial charge in [0.25, 0.3) is 5.56 Å². The molecule has 0 aliphatic carbocycles. The highest BCUT2D eigenvalue weighted by molar-refractivity contribution is 9.13. The molecule has 0 aliphatic heterocycles. The Kier molecular flexibility index (Phi) is 3.27. The standard InChI is InChI=1S/C10H7Br2N5OS/c1-5-3-16-7(18)2-6(13-10(16)19-5)4-17-14-8(11)9(12)15-17/h2-3H,4H2,1H3. The van der Waals surface area contributed by atoms with E-state index in [1.165, 1.54) is 22.2 Å². The zero-order valence-corrected chi connectivity index (χ0v) is 13.7. The first-order valence-corrected chi connectivity index (χ1v) is 7.68. The lowest BCUT2D eigenvalue weighted by atomic mass is 10.4. The summed E-state index contributed by atoms with van der Waals surface area (Å²) < 4.78 is 2.79. The quantitative estimate of drug-likeness (QED) is 0.656. The second-order valence-electron chi connectivity index (χ2n) is 3.89. The van der Waals surface area contributed by atoms with Crippen LogP contribution in [0.2, 0.25) is 0 Å². The Hall–Kier alpha value is -1.06. The van der Waals surface area contributed by atoms with Gasteiger partial charge in [-0.25, -0.2) is 4.98 Å². The third-order valence-electron chi connectivity index (χ3n) is 2.42. The van der Waals surface area contributed by atoms with Gasteiger partial charge in [0.15, 0.2) is 14.2 Å². The number of hydrogen-bond acceptors (Lipinski definition) is 5. The van der Waals surface area contributed by atoms with Crippen molar-refractivity contribution in [3.63, 3.8) is 0 Å². The molecule has 0 radical (unpaired) electrons. The SMILES string of the molecule is Cc1cn2c(=O)cc(Cn3nc(Br)c(Br)n3)nc2s1. The van der Waals surface area contributed by atoms with Crippen LogP contribution in [0.1, 0.15) is 10.6 Å². The fraction of sp³-hybridized carbons (Fsp3) is 0.200. The van der Waals surface area contributed by atoms with Crippen molar-refractivity contribution in [1.29, 1.82) is 0 Å². The Morgan fingerprint density at radius 3 is 2.68 bits per heavy atom. The number of aryl methyl sites for hydroxylation is 1. The van der Waals surface area contributed by atoms with Crippen molar-refractivity contribution in [2.45, 2.75) is 13.5 Å². The third-order valence-corrected chi connectivity index (χ3v) is 4.91. The molecule has 98 valence electrons. The van der Waals surface area contributed by atoms with Gasteiger partial charge in [-0.2, -0.15) is 4.80 Å². The molecule has 0 spiro atoms. The number of aromatic nitrogens is 5. The molecule has 0 bridgehead atoms. The molecule has 0 atom stereocenters. The van der Waals surface area contributed by atoms with E-state index in [1.54, 1.807) is 10.6 Å². The molecule has 19 heavy (non-hydrogen) atoms. The third kappa shape index (κ3) is 2.49. The van der Waals surface area contributed by atoms with Crippen LogP contribution in [-0.2, 0) is 6.54 Å². The monoisotopic (exact) mass is 403 g/mol. The van der Waals surface area contributed by atoms with Gasteiger partial charge in [0.05, 0.1) is 5.69 Å². The average Bonchev–Trinajstić information content (AvgIpc) is 2.83. The second kappa shape index (κ2) is 4.80. The van der Waals surface area contributed by atoms with Crippen LogP contribution in [0.3, 0.4) is 0 Å². The van der Waals surface area contributed by atoms with E-state index in [1.807, 2.05) is 6.92 Å². The van der Waals surface area contributed by atoms with E-state index in [-0.39, 0.29) is 5.56 Å². The van der Waals surface area contributed by atoms with Gasteiger partial charge < -0.3 is 0 Å². The summed E-state index contributed by atoms with van der Waals surface area (Å²) in [6, 6.07) is 1.50. The van der Waals surface area contributed by atoms with Gasteiger partial charge in [-0.1, -0.05) is 0 Å². The summed E-state index contributed by atoms with van der Waals surface area (Å²) in [5, 5.41) is 8.30. The molecule has 0 aliphatic rings. The second-order valence-corrected chi connectivity index (χ2v) is 6.61. The molecule has 0 aromatic carbocycles. The number of halogens is 2. The van der Waals surface area contributed by atoms with E-state index in [9.17, 15) is 4.79 Å². The topological polar surface area (TPSA) is 65.1 Å². The van der Waals surface area contributed by atoms with E-state index >= 15 is 0 Å². The maximum absolute atomic E-state index is 11.9. The van der Waals surface area contributed by atoms with Gasteiger partial charge in [0.1, 0.15) is 6.54 Å². The summed E-state index contributed by atoms with van der Waals surface area (Å²) in [5.74, 6) is 0. The minimum absolute atomic E-state index is 0.0883. The maximum atomic E-state index is 11.9. The van der Waals surface area contributed by atoms with Crippen LogP contribution < -0.4 is 5.56 Å². The van der Waals surface area contributed by atoms with Crippen molar-refractivity contribution in [1.82, 2.24) is 24.4 Å². The molecule has 0 saturated carbocycles. The predicted octanol–water partition coefficient (Wildman–Crippen LogP) is 2.23. The minimum Gasteiger partial charge on any atom is -0.269 e. The number of fused-ring (bicyclic) bond motifs is 1. The van der Waals surface area contributed by atoms with Crippen molar-refractivity contribution in [3.8, 4) is 0 Å². The normalized spacial score (nSPS) is 11.3. The molecule has 0 amide bonds. The number of thiazole rings is 1. The van der Waals surface area contributed by atoms with Crippen LogP contribution in [0.5, 0.6) is 0 Å². The first kappa shape index (κ1) is 12.9. The fourth-order valence-electron chi connectivity index (χ4n) is 1.66. The van der Waals surface area contributed by atoms with E-state index in [0.717, 1.165) is 4.88 Å². The van der Waals surface area contributed by atoms with Crippen LogP contribution in [0.25, 0.3) is 4.96 Å². The predicted molar refractivity (Wildman–Crippen MR) is 78.6 cm³/mol. The summed E-state index contributed by atoms with van der Waals surface area (Å²) in [4.78, 5) is 19.6. The fourth-order valence-corrected chi connectivity index (χ4v) is 3.04. The van der Waals surface area contributed by atoms with Gasteiger partial charge >= 0.3 is 0 Å². The van der Waals surface area contributed by atoms with E-state index in [0.29, 0.717) is 26.4 Å². The molecular formula is C10H7Br2N5OS. The van der Waals surface area contributed by atoms with Gasteiger partial charge in [-0.05, 0) is 38.8 Å². The highest BCUT2D eigenvalue weighted by Crippen LogP contribution is 2.17. The summed E-state index contributed by atoms with van der Waals surface area (Å²) in [6.07, 6.45) is 1.79. The van der Waals surface area contributed by atoms with E-state index in [2.05, 4.69) is 47.0 Å². The number of hydrogen-bond donors (Lipinski definition) is 0. The first-order valence-electron chi connectivity index (χ1n) is 5.28. The van der Waals surface area contributed by atoms with Crippen LogP contribution in [0.4, 0.5) is 0 Å². The Labute approximate surface area is 128 Å². The minimum atomic E-state index is -0.0883. The highest BCUT2D eigenvalue weighted by Gasteiger charge is 2.09. The van der Waals surface area contributed by atoms with Gasteiger partial charge in [0.2, 0.25) is 0 Å². The lowest BCUT2D eigenvalue weighted by Crippen LogP contribution is -2.15. The number of nitrogens with zero attached hydrogens (tertiary/aromatic N) is 5. The Morgan fingerprint density at radius 2 is 2.00 bits per heavy atom. The lowest BCUT2D eigenvalue weighted by molar-refractivity contribution is 0.577. The summed E-state index contributed by atoms with van der Waals surface area (Å²) >= 11 is 8.01. The summed E-state index contributed by atoms with van der Waals surface area (Å²) in [5.41, 5.74) is 0.552. The largest absolute Gasteiger partial charge is 0.269 e. The summed E-state index contributed by atoms with van der Waals surface area (Å²) in [7, 11) is 0. The molecule has 0 unspecified atom stereocenters. The zero-order chi connectivity index (χ0) is 13.6. The molecular weight excluding hydrogens is 398 g/mol. The first-order chi connectivity index (χ1) is 9.02. The average molecular weight is 405 g/mol. The lowest BCUT2D eigenvalue weighted by Gasteiger charge is -1.99. The zero-order valence-electron chi connectivity index (χ0n) is 9.67. The van der Waals surface area contributed by atoms with Crippen molar-refractivity contribution in [3.05, 3.63) is 42.4 Å². The van der Waals surface area contributed by atoms with Crippen LogP contribution >= 0.6 is 43.2 Å². The van der Waals surface area contributed by atoms with Gasteiger partial charge in [0, 0.05) is 17.1 Å². The van der Waals surface area contributed by atoms with E-state index < -0.39 is 0 Å². The van der Waals surface area contributed by atoms with Crippen molar-refractivity contribution in [2.24, 2.45) is 0 Å². The Bertz CT molecular complexity index is 802. The van der Waals surface area contributed by atoms with Crippen LogP contribution in [-0.4, -0.2) is 24.4 Å². The Morgan fingerprint density at radius 1 is 1.32 bits per heavy atom. The molecule has 0 saturated heterocycles. The maximum Gasteiger partial charge on any atom is 0.258 e. The van der Waals surface area contributed by atoms with Crippen LogP contribution in [0.15, 0.2) is 26.3 Å². The molecule has 3 rings (SSSR count). The Balaban J connectivity index is 2.03. The molecule has 3 aromatic heterocycles. The van der Waals surface area contributed by atoms with Crippen molar-refractivity contribution in [2.75, 3.05) is 0 Å². The van der Waals surface area contributed by atoms with Gasteiger partial charge in [-0.3, -0.25) is 9.20 Å². The molecule has 3 aromatic rings. The van der Waals surface area contributed by atoms with Gasteiger partial charge in [-0.15, -0.1) is 21.5 Å². The molecule has 6 nitrogen and oxygen atoms in total. The van der Waals surface area contributed by atoms with Crippen molar-refractivity contribution < 1.29 is 0 Å². The molecule has 9 heteroatoms. The summed E-state index contributed by atoms with van der Waals surface area (Å²) in [6.45, 7) is 2.30. The van der Waals surface area contributed by atoms with E-state index in [4.69, 9.17) is 0 Å².